The number of hydrogen-bond acceptors (Lipinski definition) is 10. The summed E-state index contributed by atoms with van der Waals surface area (Å²) in [6, 6.07) is 22.5. The molecule has 0 saturated heterocycles. The molecule has 0 fully saturated rings. The molecule has 2 heterocycles. The molecule has 226 valence electrons. The van der Waals surface area contributed by atoms with Gasteiger partial charge in [-0.1, -0.05) is 48.5 Å². The number of amides is 1. The smallest absolute Gasteiger partial charge is 0.335 e. The van der Waals surface area contributed by atoms with E-state index >= 15 is 0 Å². The molecule has 3 atom stereocenters. The lowest BCUT2D eigenvalue weighted by Gasteiger charge is -2.28. The van der Waals surface area contributed by atoms with E-state index in [9.17, 15) is 29.4 Å². The molecule has 12 heteroatoms. The van der Waals surface area contributed by atoms with Gasteiger partial charge in [0.15, 0.2) is 0 Å². The number of hydrazine groups is 1. The van der Waals surface area contributed by atoms with Crippen LogP contribution in [0.2, 0.25) is 0 Å². The van der Waals surface area contributed by atoms with E-state index in [-0.39, 0.29) is 35.6 Å². The summed E-state index contributed by atoms with van der Waals surface area (Å²) >= 11 is 0. The first-order valence-electron chi connectivity index (χ1n) is 13.7. The Labute approximate surface area is 252 Å². The maximum absolute atomic E-state index is 14.3. The number of carboxylic acids is 1. The monoisotopic (exact) mass is 598 g/mol. The first-order chi connectivity index (χ1) is 21.2. The Morgan fingerprint density at radius 3 is 2.05 bits per heavy atom. The van der Waals surface area contributed by atoms with Gasteiger partial charge in [0.05, 0.1) is 61.7 Å². The number of carboxylic acid groups (broad SMARTS) is 1. The van der Waals surface area contributed by atoms with Crippen LogP contribution < -0.4 is 15.4 Å². The number of hydrogen-bond donors (Lipinski definition) is 3. The van der Waals surface area contributed by atoms with Crippen molar-refractivity contribution in [1.29, 1.82) is 0 Å². The topological polar surface area (TPSA) is 158 Å². The second-order valence-corrected chi connectivity index (χ2v) is 10.1. The van der Waals surface area contributed by atoms with Crippen LogP contribution in [0.4, 0.5) is 11.4 Å². The van der Waals surface area contributed by atoms with Crippen molar-refractivity contribution in [2.45, 2.75) is 24.8 Å². The number of nitrogens with one attached hydrogen (secondary N) is 1. The van der Waals surface area contributed by atoms with Gasteiger partial charge in [0.1, 0.15) is 0 Å². The van der Waals surface area contributed by atoms with Gasteiger partial charge in [0.25, 0.3) is 5.91 Å². The molecule has 3 aromatic carbocycles. The number of anilines is 2. The molecule has 0 aliphatic carbocycles. The minimum atomic E-state index is -1.14. The molecule has 3 aromatic rings. The Balaban J connectivity index is 1.71. The molecule has 3 N–H and O–H groups in total. The van der Waals surface area contributed by atoms with Crippen molar-refractivity contribution in [2.75, 3.05) is 24.2 Å². The van der Waals surface area contributed by atoms with Crippen LogP contribution in [0, 0.1) is 5.92 Å². The lowest BCUT2D eigenvalue weighted by Crippen LogP contribution is -2.41. The molecule has 44 heavy (non-hydrogen) atoms. The Morgan fingerprint density at radius 2 is 1.48 bits per heavy atom. The molecule has 1 amide bonds. The van der Waals surface area contributed by atoms with E-state index in [1.54, 1.807) is 66.7 Å². The number of benzene rings is 3. The van der Waals surface area contributed by atoms with Gasteiger partial charge >= 0.3 is 17.9 Å². The van der Waals surface area contributed by atoms with E-state index < -0.39 is 41.7 Å². The molecule has 0 bridgehead atoms. The summed E-state index contributed by atoms with van der Waals surface area (Å²) in [5, 5.41) is 28.5. The summed E-state index contributed by atoms with van der Waals surface area (Å²) in [4.78, 5) is 51.1. The lowest BCUT2D eigenvalue weighted by molar-refractivity contribution is -0.141. The molecule has 3 unspecified atom stereocenters. The minimum Gasteiger partial charge on any atom is -0.494 e. The van der Waals surface area contributed by atoms with Crippen molar-refractivity contribution < 1.29 is 38.9 Å². The van der Waals surface area contributed by atoms with E-state index in [4.69, 9.17) is 9.47 Å². The average Bonchev–Trinajstić information content (AvgIpc) is 3.54. The van der Waals surface area contributed by atoms with E-state index in [0.29, 0.717) is 16.9 Å². The van der Waals surface area contributed by atoms with E-state index in [2.05, 4.69) is 10.5 Å². The highest BCUT2D eigenvalue weighted by Gasteiger charge is 2.49. The lowest BCUT2D eigenvalue weighted by atomic mass is 9.74. The van der Waals surface area contributed by atoms with Crippen LogP contribution in [0.3, 0.4) is 0 Å². The SMILES string of the molecule is COC(=O)CC1=NN(c2ccccc2)C(=O)C1C(C1=C(O)N(c2ccccc2)NC1CC(=O)OC)c1ccc(C(=O)O)cc1. The van der Waals surface area contributed by atoms with Crippen LogP contribution in [0.15, 0.2) is 101 Å². The first-order valence-corrected chi connectivity index (χ1v) is 13.7. The second kappa shape index (κ2) is 12.8. The number of para-hydroxylation sites is 2. The standard InChI is InChI=1S/C32H30N4O8/c1-43-25(37)17-23-28(30(39)35(33-23)21-9-5-3-6-10-21)27(19-13-15-20(16-14-19)32(41)42)29-24(18-26(38)44-2)34-36(31(29)40)22-11-7-4-8-12-22/h3-16,23,27,29,33,39H,17-18H2,1-2H3,(H,41,42). The largest absolute Gasteiger partial charge is 0.494 e. The highest BCUT2D eigenvalue weighted by Crippen LogP contribution is 2.44. The molecule has 2 aliphatic rings. The Morgan fingerprint density at radius 1 is 0.886 bits per heavy atom. The third-order valence-corrected chi connectivity index (χ3v) is 7.54. The number of hydrazone groups is 1. The van der Waals surface area contributed by atoms with Crippen molar-refractivity contribution in [1.82, 2.24) is 5.43 Å². The van der Waals surface area contributed by atoms with Crippen molar-refractivity contribution in [2.24, 2.45) is 11.0 Å². The van der Waals surface area contributed by atoms with Crippen LogP contribution in [0.1, 0.15) is 34.7 Å². The first kappa shape index (κ1) is 30.0. The van der Waals surface area contributed by atoms with Gasteiger partial charge in [0.2, 0.25) is 5.88 Å². The molecule has 0 aromatic heterocycles. The Hall–Kier alpha value is -5.49. The Bertz CT molecular complexity index is 1620. The maximum Gasteiger partial charge on any atom is 0.335 e. The quantitative estimate of drug-likeness (QED) is 0.293. The number of methoxy groups -OCH3 is 2. The predicted molar refractivity (Wildman–Crippen MR) is 160 cm³/mol. The van der Waals surface area contributed by atoms with E-state index in [0.717, 1.165) is 0 Å². The summed E-state index contributed by atoms with van der Waals surface area (Å²) in [6.45, 7) is 0. The number of aliphatic hydroxyl groups is 1. The third kappa shape index (κ3) is 5.88. The zero-order valence-electron chi connectivity index (χ0n) is 23.9. The molecule has 5 rings (SSSR count). The van der Waals surface area contributed by atoms with Gasteiger partial charge in [0, 0.05) is 11.5 Å². The third-order valence-electron chi connectivity index (χ3n) is 7.54. The second-order valence-electron chi connectivity index (χ2n) is 10.1. The van der Waals surface area contributed by atoms with Gasteiger partial charge in [-0.05, 0) is 42.0 Å². The van der Waals surface area contributed by atoms with Crippen molar-refractivity contribution in [3.8, 4) is 0 Å². The highest BCUT2D eigenvalue weighted by molar-refractivity contribution is 6.20. The molecule has 0 saturated carbocycles. The van der Waals surface area contributed by atoms with E-state index in [1.807, 2.05) is 6.07 Å². The number of rotatable bonds is 10. The number of esters is 2. The molecule has 12 nitrogen and oxygen atoms in total. The van der Waals surface area contributed by atoms with Gasteiger partial charge in [-0.15, -0.1) is 0 Å². The minimum absolute atomic E-state index is 0.0133. The fourth-order valence-electron chi connectivity index (χ4n) is 5.46. The van der Waals surface area contributed by atoms with E-state index in [1.165, 1.54) is 36.4 Å². The molecule has 0 spiro atoms. The number of ether oxygens (including phenoxy) is 2. The fraction of sp³-hybridized carbons (Fsp3) is 0.219. The van der Waals surface area contributed by atoms with Gasteiger partial charge < -0.3 is 19.7 Å². The van der Waals surface area contributed by atoms with Gasteiger partial charge in [-0.25, -0.2) is 20.2 Å². The highest BCUT2D eigenvalue weighted by atomic mass is 16.5. The zero-order chi connectivity index (χ0) is 31.4. The molecule has 0 radical (unpaired) electrons. The molecular formula is C32H30N4O8. The number of carbonyl (C=O) groups excluding carboxylic acids is 3. The molecule has 2 aliphatic heterocycles. The zero-order valence-corrected chi connectivity index (χ0v) is 23.9. The average molecular weight is 599 g/mol. The van der Waals surface area contributed by atoms with Crippen LogP contribution in [-0.4, -0.2) is 60.0 Å². The molecular weight excluding hydrogens is 568 g/mol. The van der Waals surface area contributed by atoms with Crippen LogP contribution >= 0.6 is 0 Å². The van der Waals surface area contributed by atoms with Crippen LogP contribution in [0.5, 0.6) is 0 Å². The summed E-state index contributed by atoms with van der Waals surface area (Å²) in [5.41, 5.74) is 5.07. The van der Waals surface area contributed by atoms with Crippen molar-refractivity contribution in [3.05, 3.63) is 108 Å². The summed E-state index contributed by atoms with van der Waals surface area (Å²) in [7, 11) is 2.47. The summed E-state index contributed by atoms with van der Waals surface area (Å²) < 4.78 is 9.86. The fourth-order valence-corrected chi connectivity index (χ4v) is 5.46. The number of nitrogens with zero attached hydrogens (tertiary/aromatic N) is 3. The van der Waals surface area contributed by atoms with Crippen LogP contribution in [0.25, 0.3) is 0 Å². The van der Waals surface area contributed by atoms with Gasteiger partial charge in [-0.2, -0.15) is 5.10 Å². The van der Waals surface area contributed by atoms with Crippen molar-refractivity contribution in [3.63, 3.8) is 0 Å². The number of carbonyl (C=O) groups is 4. The van der Waals surface area contributed by atoms with Crippen molar-refractivity contribution >= 4 is 40.9 Å². The van der Waals surface area contributed by atoms with Crippen LogP contribution in [-0.2, 0) is 23.9 Å². The van der Waals surface area contributed by atoms with Gasteiger partial charge in [-0.3, -0.25) is 14.4 Å². The number of aromatic carboxylic acids is 1. The summed E-state index contributed by atoms with van der Waals surface area (Å²) in [6.07, 6.45) is -0.540. The Kier molecular flexibility index (Phi) is 8.72. The normalized spacial score (nSPS) is 18.7. The predicted octanol–water partition coefficient (Wildman–Crippen LogP) is 3.78. The maximum atomic E-state index is 14.3. The number of aliphatic hydroxyl groups excluding tert-OH is 1. The summed E-state index contributed by atoms with van der Waals surface area (Å²) in [5.74, 6) is -5.24.